The molecule has 3 aliphatic rings. The predicted octanol–water partition coefficient (Wildman–Crippen LogP) is 5.95. The molecule has 2 N–H and O–H groups in total. The summed E-state index contributed by atoms with van der Waals surface area (Å²) < 4.78 is 0. The van der Waals surface area contributed by atoms with Crippen LogP contribution in [0.25, 0.3) is 0 Å². The van der Waals surface area contributed by atoms with Crippen LogP contribution in [0, 0.1) is 28.6 Å². The van der Waals surface area contributed by atoms with Crippen LogP contribution < -0.4 is 0 Å². The number of carbonyl (C=O) groups is 1. The highest BCUT2D eigenvalue weighted by Crippen LogP contribution is 2.60. The molecule has 1 aromatic rings. The summed E-state index contributed by atoms with van der Waals surface area (Å²) in [5.41, 5.74) is 4.41. The normalized spacial score (nSPS) is 35.1. The molecule has 1 fully saturated rings. The Kier molecular flexibility index (Phi) is 6.47. The second-order valence-electron chi connectivity index (χ2n) is 11.3. The summed E-state index contributed by atoms with van der Waals surface area (Å²) >= 11 is 0. The third-order valence-electron chi connectivity index (χ3n) is 9.21. The highest BCUT2D eigenvalue weighted by atomic mass is 16.3. The van der Waals surface area contributed by atoms with E-state index in [4.69, 9.17) is 0 Å². The number of benzene rings is 1. The van der Waals surface area contributed by atoms with Gasteiger partial charge in [-0.25, -0.2) is 0 Å². The molecule has 0 spiro atoms. The Morgan fingerprint density at radius 2 is 1.81 bits per heavy atom. The number of rotatable bonds is 6. The van der Waals surface area contributed by atoms with Gasteiger partial charge in [-0.05, 0) is 80.0 Å². The Bertz CT molecular complexity index is 824. The van der Waals surface area contributed by atoms with Crippen LogP contribution in [0.5, 0.6) is 0 Å². The fourth-order valence-corrected chi connectivity index (χ4v) is 7.22. The first-order valence-electron chi connectivity index (χ1n) is 12.4. The molecular weight excluding hydrogens is 384 g/mol. The maximum Gasteiger partial charge on any atom is 0.162 e. The zero-order valence-corrected chi connectivity index (χ0v) is 19.6. The van der Waals surface area contributed by atoms with Crippen molar-refractivity contribution in [3.63, 3.8) is 0 Å². The summed E-state index contributed by atoms with van der Waals surface area (Å²) in [5, 5.41) is 20.5. The van der Waals surface area contributed by atoms with Gasteiger partial charge in [0.15, 0.2) is 5.78 Å². The molecule has 1 saturated carbocycles. The van der Waals surface area contributed by atoms with E-state index in [-0.39, 0.29) is 35.2 Å². The molecule has 0 bridgehead atoms. The Morgan fingerprint density at radius 3 is 2.52 bits per heavy atom. The van der Waals surface area contributed by atoms with Crippen molar-refractivity contribution in [3.05, 3.63) is 47.0 Å². The van der Waals surface area contributed by atoms with Gasteiger partial charge in [-0.2, -0.15) is 0 Å². The monoisotopic (exact) mass is 424 g/mol. The lowest BCUT2D eigenvalue weighted by atomic mass is 9.53. The largest absolute Gasteiger partial charge is 0.396 e. The van der Waals surface area contributed by atoms with Gasteiger partial charge in [-0.1, -0.05) is 62.2 Å². The molecule has 5 atom stereocenters. The maximum absolute atomic E-state index is 12.9. The van der Waals surface area contributed by atoms with E-state index >= 15 is 0 Å². The topological polar surface area (TPSA) is 57.5 Å². The fraction of sp³-hybridized carbons (Fsp3) is 0.679. The van der Waals surface area contributed by atoms with Gasteiger partial charge < -0.3 is 10.2 Å². The third kappa shape index (κ3) is 4.28. The van der Waals surface area contributed by atoms with Crippen LogP contribution in [0.2, 0.25) is 0 Å². The van der Waals surface area contributed by atoms with E-state index in [1.54, 1.807) is 11.1 Å². The molecule has 0 amide bonds. The minimum Gasteiger partial charge on any atom is -0.396 e. The van der Waals surface area contributed by atoms with Crippen LogP contribution in [0.1, 0.15) is 88.9 Å². The van der Waals surface area contributed by atoms with E-state index in [1.807, 2.05) is 30.3 Å². The average molecular weight is 425 g/mol. The van der Waals surface area contributed by atoms with Gasteiger partial charge >= 0.3 is 0 Å². The molecule has 3 nitrogen and oxygen atoms in total. The Hall–Kier alpha value is -1.45. The molecule has 3 heteroatoms. The van der Waals surface area contributed by atoms with Gasteiger partial charge in [-0.3, -0.25) is 4.79 Å². The molecule has 0 aliphatic heterocycles. The van der Waals surface area contributed by atoms with E-state index in [0.717, 1.165) is 44.1 Å². The summed E-state index contributed by atoms with van der Waals surface area (Å²) in [6.07, 6.45) is 8.40. The minimum absolute atomic E-state index is 0.0275. The number of Topliss-reactive ketones (excluding diaryl/α,β-unsaturated/α-hetero) is 1. The van der Waals surface area contributed by atoms with Gasteiger partial charge in [-0.15, -0.1) is 0 Å². The van der Waals surface area contributed by atoms with Crippen LogP contribution in [-0.2, 0) is 0 Å². The first-order valence-corrected chi connectivity index (χ1v) is 12.4. The number of ketones is 1. The molecule has 4 rings (SSSR count). The average Bonchev–Trinajstić information content (AvgIpc) is 3.09. The van der Waals surface area contributed by atoms with E-state index in [1.165, 1.54) is 6.42 Å². The smallest absolute Gasteiger partial charge is 0.162 e. The highest BCUT2D eigenvalue weighted by Gasteiger charge is 2.51. The predicted molar refractivity (Wildman–Crippen MR) is 125 cm³/mol. The third-order valence-corrected chi connectivity index (χ3v) is 9.21. The second-order valence-corrected chi connectivity index (χ2v) is 11.3. The van der Waals surface area contributed by atoms with Gasteiger partial charge in [0, 0.05) is 18.6 Å². The molecule has 31 heavy (non-hydrogen) atoms. The Labute approximate surface area is 188 Å². The standard InChI is InChI=1S/C28H40O3/c1-27(2)15-14-23-22(9-12-26(31)19-7-5-4-6-8-19)25(11-10-24(23)27)28(3)16-13-21(30)17-20(28)18-29/h4-8,20-22,25,29-30H,9-18H2,1-3H3/t20-,21+,22+,25+,28+/m1/s1. The van der Waals surface area contributed by atoms with E-state index in [0.29, 0.717) is 24.7 Å². The van der Waals surface area contributed by atoms with Crippen molar-refractivity contribution in [2.24, 2.45) is 28.6 Å². The van der Waals surface area contributed by atoms with Crippen molar-refractivity contribution in [2.75, 3.05) is 6.61 Å². The molecule has 0 aromatic heterocycles. The first-order chi connectivity index (χ1) is 14.8. The number of allylic oxidation sites excluding steroid dienone is 2. The van der Waals surface area contributed by atoms with E-state index in [9.17, 15) is 15.0 Å². The maximum atomic E-state index is 12.9. The van der Waals surface area contributed by atoms with Crippen LogP contribution in [0.4, 0.5) is 0 Å². The van der Waals surface area contributed by atoms with Gasteiger partial charge in [0.05, 0.1) is 6.10 Å². The van der Waals surface area contributed by atoms with Crippen molar-refractivity contribution in [1.29, 1.82) is 0 Å². The molecule has 1 aromatic carbocycles. The molecular formula is C28H40O3. The van der Waals surface area contributed by atoms with Crippen molar-refractivity contribution in [3.8, 4) is 0 Å². The van der Waals surface area contributed by atoms with Crippen molar-refractivity contribution in [1.82, 2.24) is 0 Å². The lowest BCUT2D eigenvalue weighted by Crippen LogP contribution is -2.47. The second kappa shape index (κ2) is 8.83. The summed E-state index contributed by atoms with van der Waals surface area (Å²) in [5.74, 6) is 1.29. The molecule has 0 heterocycles. The van der Waals surface area contributed by atoms with Crippen molar-refractivity contribution < 1.29 is 15.0 Å². The summed E-state index contributed by atoms with van der Waals surface area (Å²) in [6, 6.07) is 9.69. The van der Waals surface area contributed by atoms with Gasteiger partial charge in [0.2, 0.25) is 0 Å². The zero-order chi connectivity index (χ0) is 22.2. The number of carbonyl (C=O) groups excluding carboxylic acids is 1. The van der Waals surface area contributed by atoms with Gasteiger partial charge in [0.25, 0.3) is 0 Å². The number of hydrogen-bond donors (Lipinski definition) is 2. The molecule has 0 saturated heterocycles. The Balaban J connectivity index is 1.62. The highest BCUT2D eigenvalue weighted by molar-refractivity contribution is 5.95. The lowest BCUT2D eigenvalue weighted by Gasteiger charge is -2.52. The first kappa shape index (κ1) is 22.7. The van der Waals surface area contributed by atoms with Crippen LogP contribution in [0.15, 0.2) is 41.5 Å². The molecule has 3 aliphatic carbocycles. The number of aliphatic hydroxyl groups excluding tert-OH is 2. The number of hydrogen-bond acceptors (Lipinski definition) is 3. The molecule has 0 unspecified atom stereocenters. The molecule has 170 valence electrons. The summed E-state index contributed by atoms with van der Waals surface area (Å²) in [7, 11) is 0. The number of aliphatic hydroxyl groups is 2. The van der Waals surface area contributed by atoms with Crippen molar-refractivity contribution in [2.45, 2.75) is 84.7 Å². The Morgan fingerprint density at radius 1 is 1.06 bits per heavy atom. The van der Waals surface area contributed by atoms with Crippen LogP contribution in [-0.4, -0.2) is 28.7 Å². The minimum atomic E-state index is -0.285. The van der Waals surface area contributed by atoms with Crippen LogP contribution in [0.3, 0.4) is 0 Å². The van der Waals surface area contributed by atoms with E-state index < -0.39 is 0 Å². The lowest BCUT2D eigenvalue weighted by molar-refractivity contribution is -0.0593. The fourth-order valence-electron chi connectivity index (χ4n) is 7.22. The van der Waals surface area contributed by atoms with Gasteiger partial charge in [0.1, 0.15) is 0 Å². The summed E-state index contributed by atoms with van der Waals surface area (Å²) in [4.78, 5) is 12.9. The van der Waals surface area contributed by atoms with Crippen molar-refractivity contribution >= 4 is 5.78 Å². The van der Waals surface area contributed by atoms with E-state index in [2.05, 4.69) is 20.8 Å². The zero-order valence-electron chi connectivity index (χ0n) is 19.6. The quantitative estimate of drug-likeness (QED) is 0.438. The molecule has 0 radical (unpaired) electrons. The SMILES string of the molecule is CC1(C)CCC2=C1CC[C@H]([C@@]1(C)CC[C@H](O)C[C@@H]1CO)[C@H]2CCC(=O)c1ccccc1. The van der Waals surface area contributed by atoms with Crippen LogP contribution >= 0.6 is 0 Å². The summed E-state index contributed by atoms with van der Waals surface area (Å²) in [6.45, 7) is 7.29.